The van der Waals surface area contributed by atoms with Crippen LogP contribution in [0.3, 0.4) is 0 Å². The second-order valence-corrected chi connectivity index (χ2v) is 4.26. The average Bonchev–Trinajstić information content (AvgIpc) is 2.13. The van der Waals surface area contributed by atoms with Crippen molar-refractivity contribution in [2.24, 2.45) is 11.8 Å². The molecule has 1 aliphatic heterocycles. The van der Waals surface area contributed by atoms with Crippen molar-refractivity contribution < 1.29 is 0 Å². The van der Waals surface area contributed by atoms with E-state index in [2.05, 4.69) is 25.8 Å². The van der Waals surface area contributed by atoms with Gasteiger partial charge in [0.25, 0.3) is 0 Å². The fraction of sp³-hybridized carbons (Fsp3) is 1.00. The van der Waals surface area contributed by atoms with E-state index in [1.165, 1.54) is 32.4 Å². The van der Waals surface area contributed by atoms with Gasteiger partial charge in [-0.25, -0.2) is 0 Å². The zero-order chi connectivity index (χ0) is 8.27. The van der Waals surface area contributed by atoms with Crippen molar-refractivity contribution in [1.82, 2.24) is 4.90 Å². The lowest BCUT2D eigenvalue weighted by Gasteiger charge is -2.22. The Morgan fingerprint density at radius 3 is 2.64 bits per heavy atom. The maximum absolute atomic E-state index is 2.48. The van der Waals surface area contributed by atoms with Crippen LogP contribution in [0.1, 0.15) is 33.1 Å². The number of hydrogen-bond donors (Lipinski definition) is 0. The molecule has 0 amide bonds. The highest BCUT2D eigenvalue weighted by molar-refractivity contribution is 4.70. The predicted molar refractivity (Wildman–Crippen MR) is 49.7 cm³/mol. The van der Waals surface area contributed by atoms with E-state index in [0.717, 1.165) is 11.8 Å². The molecule has 0 bridgehead atoms. The van der Waals surface area contributed by atoms with Gasteiger partial charge < -0.3 is 4.90 Å². The van der Waals surface area contributed by atoms with Crippen molar-refractivity contribution >= 4 is 0 Å². The minimum atomic E-state index is 0.871. The van der Waals surface area contributed by atoms with Crippen molar-refractivity contribution in [3.63, 3.8) is 0 Å². The smallest absolute Gasteiger partial charge is 0.000905 e. The molecule has 11 heavy (non-hydrogen) atoms. The van der Waals surface area contributed by atoms with Crippen molar-refractivity contribution in [2.45, 2.75) is 33.1 Å². The highest BCUT2D eigenvalue weighted by atomic mass is 15.1. The molecule has 0 spiro atoms. The van der Waals surface area contributed by atoms with Gasteiger partial charge in [0.15, 0.2) is 0 Å². The molecule has 1 heteroatoms. The van der Waals surface area contributed by atoms with E-state index in [0.29, 0.717) is 0 Å². The molecule has 0 aromatic heterocycles. The molecule has 1 aliphatic rings. The van der Waals surface area contributed by atoms with Crippen LogP contribution in [-0.2, 0) is 0 Å². The lowest BCUT2D eigenvalue weighted by atomic mass is 9.91. The molecule has 1 fully saturated rings. The van der Waals surface area contributed by atoms with E-state index in [4.69, 9.17) is 0 Å². The molecule has 1 rings (SSSR count). The summed E-state index contributed by atoms with van der Waals surface area (Å²) in [6.45, 7) is 7.33. The van der Waals surface area contributed by atoms with Crippen LogP contribution in [0.15, 0.2) is 0 Å². The Morgan fingerprint density at radius 1 is 1.27 bits per heavy atom. The van der Waals surface area contributed by atoms with E-state index in [-0.39, 0.29) is 0 Å². The summed E-state index contributed by atoms with van der Waals surface area (Å²) in [7, 11) is 2.25. The van der Waals surface area contributed by atoms with Crippen LogP contribution < -0.4 is 0 Å². The van der Waals surface area contributed by atoms with Gasteiger partial charge in [0.2, 0.25) is 0 Å². The Labute approximate surface area is 70.8 Å². The van der Waals surface area contributed by atoms with Gasteiger partial charge in [0, 0.05) is 6.54 Å². The molecule has 1 unspecified atom stereocenters. The first kappa shape index (κ1) is 9.05. The normalized spacial score (nSPS) is 28.9. The highest BCUT2D eigenvalue weighted by Gasteiger charge is 2.17. The second kappa shape index (κ2) is 4.10. The van der Waals surface area contributed by atoms with Gasteiger partial charge in [-0.1, -0.05) is 20.3 Å². The zero-order valence-corrected chi connectivity index (χ0v) is 8.14. The predicted octanol–water partition coefficient (Wildman–Crippen LogP) is 2.37. The van der Waals surface area contributed by atoms with Gasteiger partial charge >= 0.3 is 0 Å². The molecule has 0 saturated carbocycles. The van der Waals surface area contributed by atoms with Crippen LogP contribution in [0, 0.1) is 11.8 Å². The second-order valence-electron chi connectivity index (χ2n) is 4.26. The van der Waals surface area contributed by atoms with E-state index < -0.39 is 0 Å². The molecular formula is C10H21N. The molecular weight excluding hydrogens is 134 g/mol. The number of likely N-dealkylation sites (tertiary alicyclic amines) is 1. The lowest BCUT2D eigenvalue weighted by Crippen LogP contribution is -2.26. The van der Waals surface area contributed by atoms with E-state index in [1.54, 1.807) is 0 Å². The van der Waals surface area contributed by atoms with Crippen LogP contribution in [0.25, 0.3) is 0 Å². The lowest BCUT2D eigenvalue weighted by molar-refractivity contribution is 0.255. The van der Waals surface area contributed by atoms with Gasteiger partial charge in [-0.2, -0.15) is 0 Å². The third-order valence-corrected chi connectivity index (χ3v) is 2.85. The molecule has 1 atom stereocenters. The van der Waals surface area contributed by atoms with Gasteiger partial charge in [-0.15, -0.1) is 0 Å². The van der Waals surface area contributed by atoms with Gasteiger partial charge in [0.05, 0.1) is 0 Å². The third kappa shape index (κ3) is 2.82. The van der Waals surface area contributed by atoms with Crippen molar-refractivity contribution in [3.8, 4) is 0 Å². The number of nitrogens with zero attached hydrogens (tertiary/aromatic N) is 1. The van der Waals surface area contributed by atoms with Crippen LogP contribution in [0.5, 0.6) is 0 Å². The Hall–Kier alpha value is -0.0400. The monoisotopic (exact) mass is 155 g/mol. The Morgan fingerprint density at radius 2 is 2.00 bits per heavy atom. The van der Waals surface area contributed by atoms with Crippen LogP contribution in [-0.4, -0.2) is 25.0 Å². The molecule has 0 aliphatic carbocycles. The quantitative estimate of drug-likeness (QED) is 0.562. The molecule has 0 radical (unpaired) electrons. The summed E-state index contributed by atoms with van der Waals surface area (Å²) in [6, 6.07) is 0. The average molecular weight is 155 g/mol. The van der Waals surface area contributed by atoms with Crippen molar-refractivity contribution in [1.29, 1.82) is 0 Å². The molecule has 0 N–H and O–H groups in total. The molecule has 1 saturated heterocycles. The first-order valence-corrected chi connectivity index (χ1v) is 4.88. The maximum atomic E-state index is 2.48. The first-order chi connectivity index (χ1) is 5.20. The topological polar surface area (TPSA) is 3.24 Å². The van der Waals surface area contributed by atoms with Crippen molar-refractivity contribution in [2.75, 3.05) is 20.1 Å². The highest BCUT2D eigenvalue weighted by Crippen LogP contribution is 2.21. The summed E-state index contributed by atoms with van der Waals surface area (Å²) in [5.74, 6) is 1.82. The minimum absolute atomic E-state index is 0.871. The van der Waals surface area contributed by atoms with Gasteiger partial charge in [-0.05, 0) is 38.3 Å². The van der Waals surface area contributed by atoms with E-state index in [1.807, 2.05) is 0 Å². The standard InChI is InChI=1S/C10H21N/c1-9(2)10-6-4-5-7-11(3)8-10/h9-10H,4-8H2,1-3H3. The molecule has 1 heterocycles. The fourth-order valence-corrected chi connectivity index (χ4v) is 1.92. The third-order valence-electron chi connectivity index (χ3n) is 2.85. The molecule has 0 aromatic rings. The van der Waals surface area contributed by atoms with E-state index >= 15 is 0 Å². The van der Waals surface area contributed by atoms with Crippen LogP contribution >= 0.6 is 0 Å². The Kier molecular flexibility index (Phi) is 3.38. The van der Waals surface area contributed by atoms with Crippen LogP contribution in [0.4, 0.5) is 0 Å². The summed E-state index contributed by atoms with van der Waals surface area (Å²) in [5.41, 5.74) is 0. The van der Waals surface area contributed by atoms with Gasteiger partial charge in [0.1, 0.15) is 0 Å². The Bertz CT molecular complexity index is 109. The molecule has 0 aromatic carbocycles. The van der Waals surface area contributed by atoms with Crippen LogP contribution in [0.2, 0.25) is 0 Å². The molecule has 66 valence electrons. The van der Waals surface area contributed by atoms with E-state index in [9.17, 15) is 0 Å². The SMILES string of the molecule is CC(C)C1CCCCN(C)C1. The minimum Gasteiger partial charge on any atom is -0.306 e. The maximum Gasteiger partial charge on any atom is 0.000905 e. The largest absolute Gasteiger partial charge is 0.306 e. The van der Waals surface area contributed by atoms with Crippen molar-refractivity contribution in [3.05, 3.63) is 0 Å². The number of rotatable bonds is 1. The summed E-state index contributed by atoms with van der Waals surface area (Å²) >= 11 is 0. The van der Waals surface area contributed by atoms with Gasteiger partial charge in [-0.3, -0.25) is 0 Å². The summed E-state index contributed by atoms with van der Waals surface area (Å²) < 4.78 is 0. The molecule has 1 nitrogen and oxygen atoms in total. The Balaban J connectivity index is 2.39. The number of hydrogen-bond acceptors (Lipinski definition) is 1. The summed E-state index contributed by atoms with van der Waals surface area (Å²) in [6.07, 6.45) is 4.29. The zero-order valence-electron chi connectivity index (χ0n) is 8.14. The first-order valence-electron chi connectivity index (χ1n) is 4.88. The summed E-state index contributed by atoms with van der Waals surface area (Å²) in [5, 5.41) is 0. The summed E-state index contributed by atoms with van der Waals surface area (Å²) in [4.78, 5) is 2.48. The fourth-order valence-electron chi connectivity index (χ4n) is 1.92.